The summed E-state index contributed by atoms with van der Waals surface area (Å²) >= 11 is 7.89. The lowest BCUT2D eigenvalue weighted by Crippen LogP contribution is -2.12. The summed E-state index contributed by atoms with van der Waals surface area (Å²) in [7, 11) is 0. The molecule has 0 amide bonds. The molecule has 4 heteroatoms. The van der Waals surface area contributed by atoms with Gasteiger partial charge in [-0.2, -0.15) is 0 Å². The largest absolute Gasteiger partial charge is 0.493 e. The molecule has 3 rings (SSSR count). The maximum Gasteiger partial charge on any atom is 0.127 e. The fourth-order valence-electron chi connectivity index (χ4n) is 2.21. The van der Waals surface area contributed by atoms with E-state index in [4.69, 9.17) is 16.3 Å². The minimum absolute atomic E-state index is 0.771. The van der Waals surface area contributed by atoms with Crippen LogP contribution in [0.2, 0.25) is 5.02 Å². The minimum atomic E-state index is 0.771. The van der Waals surface area contributed by atoms with Gasteiger partial charge < -0.3 is 10.1 Å². The highest BCUT2D eigenvalue weighted by Gasteiger charge is 2.17. The Bertz CT molecular complexity index is 539. The van der Waals surface area contributed by atoms with Crippen molar-refractivity contribution in [1.29, 1.82) is 0 Å². The monoisotopic (exact) mass is 279 g/mol. The Morgan fingerprint density at radius 1 is 1.33 bits per heavy atom. The van der Waals surface area contributed by atoms with Crippen LogP contribution in [0.3, 0.4) is 0 Å². The second kappa shape index (κ2) is 5.31. The molecule has 18 heavy (non-hydrogen) atoms. The molecule has 1 aliphatic heterocycles. The van der Waals surface area contributed by atoms with Crippen molar-refractivity contribution >= 4 is 22.9 Å². The quantitative estimate of drug-likeness (QED) is 0.923. The highest BCUT2D eigenvalue weighted by atomic mass is 35.5. The lowest BCUT2D eigenvalue weighted by atomic mass is 10.1. The molecule has 0 saturated heterocycles. The van der Waals surface area contributed by atoms with Gasteiger partial charge in [0.15, 0.2) is 0 Å². The van der Waals surface area contributed by atoms with Crippen LogP contribution in [0.25, 0.3) is 0 Å². The molecule has 1 N–H and O–H groups in total. The van der Waals surface area contributed by atoms with E-state index in [1.807, 2.05) is 12.1 Å². The second-order valence-corrected chi connectivity index (χ2v) is 5.80. The molecule has 0 aliphatic carbocycles. The van der Waals surface area contributed by atoms with Crippen LogP contribution in [0.1, 0.15) is 16.0 Å². The van der Waals surface area contributed by atoms with Gasteiger partial charge in [0.2, 0.25) is 0 Å². The van der Waals surface area contributed by atoms with Crippen molar-refractivity contribution < 1.29 is 4.74 Å². The first-order valence-electron chi connectivity index (χ1n) is 6.00. The maximum atomic E-state index is 6.13. The minimum Gasteiger partial charge on any atom is -0.493 e. The summed E-state index contributed by atoms with van der Waals surface area (Å²) in [5, 5.41) is 6.33. The third kappa shape index (κ3) is 2.53. The van der Waals surface area contributed by atoms with Crippen molar-refractivity contribution in [2.45, 2.75) is 19.5 Å². The fraction of sp³-hybridized carbons (Fsp3) is 0.286. The number of nitrogens with one attached hydrogen (secondary N) is 1. The van der Waals surface area contributed by atoms with E-state index in [-0.39, 0.29) is 0 Å². The van der Waals surface area contributed by atoms with E-state index < -0.39 is 0 Å². The zero-order chi connectivity index (χ0) is 12.4. The van der Waals surface area contributed by atoms with E-state index in [0.29, 0.717) is 0 Å². The van der Waals surface area contributed by atoms with Gasteiger partial charge in [-0.15, -0.1) is 11.3 Å². The summed E-state index contributed by atoms with van der Waals surface area (Å²) in [5.41, 5.74) is 2.39. The summed E-state index contributed by atoms with van der Waals surface area (Å²) in [6, 6.07) is 8.21. The third-order valence-electron chi connectivity index (χ3n) is 3.02. The van der Waals surface area contributed by atoms with Crippen LogP contribution in [0, 0.1) is 0 Å². The van der Waals surface area contributed by atoms with Crippen molar-refractivity contribution in [3.63, 3.8) is 0 Å². The van der Waals surface area contributed by atoms with Crippen molar-refractivity contribution in [2.75, 3.05) is 6.61 Å². The number of fused-ring (bicyclic) bond motifs is 1. The van der Waals surface area contributed by atoms with Crippen molar-refractivity contribution in [2.24, 2.45) is 0 Å². The lowest BCUT2D eigenvalue weighted by Gasteiger charge is -2.09. The molecule has 0 unspecified atom stereocenters. The first kappa shape index (κ1) is 12.0. The number of thiophene rings is 1. The molecule has 0 radical (unpaired) electrons. The summed E-state index contributed by atoms with van der Waals surface area (Å²) in [4.78, 5) is 1.34. The molecule has 0 saturated carbocycles. The third-order valence-corrected chi connectivity index (χ3v) is 4.11. The Kier molecular flexibility index (Phi) is 3.55. The molecule has 0 atom stereocenters. The molecule has 0 bridgehead atoms. The van der Waals surface area contributed by atoms with E-state index in [1.165, 1.54) is 10.4 Å². The van der Waals surface area contributed by atoms with Crippen LogP contribution in [0.4, 0.5) is 0 Å². The zero-order valence-electron chi connectivity index (χ0n) is 9.91. The normalized spacial score (nSPS) is 13.4. The van der Waals surface area contributed by atoms with Gasteiger partial charge in [-0.1, -0.05) is 17.7 Å². The maximum absolute atomic E-state index is 6.13. The number of hydrogen-bond donors (Lipinski definition) is 1. The Hall–Kier alpha value is -1.03. The second-order valence-electron chi connectivity index (χ2n) is 4.33. The first-order chi connectivity index (χ1) is 8.83. The predicted molar refractivity (Wildman–Crippen MR) is 75.5 cm³/mol. The average molecular weight is 280 g/mol. The smallest absolute Gasteiger partial charge is 0.127 e. The van der Waals surface area contributed by atoms with Crippen LogP contribution in [0.5, 0.6) is 5.75 Å². The van der Waals surface area contributed by atoms with E-state index >= 15 is 0 Å². The predicted octanol–water partition coefficient (Wildman–Crippen LogP) is 3.63. The van der Waals surface area contributed by atoms with Gasteiger partial charge in [0.1, 0.15) is 5.75 Å². The molecule has 1 aliphatic rings. The fourth-order valence-corrected chi connectivity index (χ4v) is 3.15. The number of hydrogen-bond acceptors (Lipinski definition) is 3. The van der Waals surface area contributed by atoms with Crippen LogP contribution >= 0.6 is 22.9 Å². The number of rotatable bonds is 4. The van der Waals surface area contributed by atoms with Crippen LogP contribution < -0.4 is 10.1 Å². The van der Waals surface area contributed by atoms with Gasteiger partial charge in [0.05, 0.1) is 6.61 Å². The summed E-state index contributed by atoms with van der Waals surface area (Å²) in [6.45, 7) is 2.45. The van der Waals surface area contributed by atoms with E-state index in [1.54, 1.807) is 11.3 Å². The SMILES string of the molecule is Clc1cc2c(c(CNCc3cccs3)c1)OCC2. The van der Waals surface area contributed by atoms with Gasteiger partial charge in [0.25, 0.3) is 0 Å². The molecule has 0 spiro atoms. The Balaban J connectivity index is 1.69. The average Bonchev–Trinajstić information content (AvgIpc) is 2.98. The number of ether oxygens (including phenoxy) is 1. The standard InChI is InChI=1S/C14H14ClNOS/c15-12-6-10-3-4-17-14(10)11(7-12)8-16-9-13-2-1-5-18-13/h1-2,5-7,16H,3-4,8-9H2. The molecule has 2 nitrogen and oxygen atoms in total. The highest BCUT2D eigenvalue weighted by Crippen LogP contribution is 2.32. The number of benzene rings is 1. The van der Waals surface area contributed by atoms with E-state index in [9.17, 15) is 0 Å². The lowest BCUT2D eigenvalue weighted by molar-refractivity contribution is 0.352. The Morgan fingerprint density at radius 3 is 3.11 bits per heavy atom. The molecular weight excluding hydrogens is 266 g/mol. The topological polar surface area (TPSA) is 21.3 Å². The van der Waals surface area contributed by atoms with Crippen molar-refractivity contribution in [3.8, 4) is 5.75 Å². The molecule has 2 heterocycles. The zero-order valence-corrected chi connectivity index (χ0v) is 11.5. The molecule has 1 aromatic heterocycles. The molecule has 2 aromatic rings. The molecule has 94 valence electrons. The van der Waals surface area contributed by atoms with Crippen molar-refractivity contribution in [3.05, 3.63) is 50.7 Å². The van der Waals surface area contributed by atoms with Gasteiger partial charge in [-0.05, 0) is 29.1 Å². The van der Waals surface area contributed by atoms with Crippen LogP contribution in [-0.4, -0.2) is 6.61 Å². The Morgan fingerprint density at radius 2 is 2.28 bits per heavy atom. The first-order valence-corrected chi connectivity index (χ1v) is 7.26. The summed E-state index contributed by atoms with van der Waals surface area (Å²) in [5.74, 6) is 1.03. The molecule has 1 aromatic carbocycles. The highest BCUT2D eigenvalue weighted by molar-refractivity contribution is 7.09. The van der Waals surface area contributed by atoms with Gasteiger partial charge >= 0.3 is 0 Å². The summed E-state index contributed by atoms with van der Waals surface area (Å²) in [6.07, 6.45) is 0.966. The van der Waals surface area contributed by atoms with Gasteiger partial charge in [0, 0.05) is 35.0 Å². The Labute approximate surface area is 116 Å². The van der Waals surface area contributed by atoms with E-state index in [0.717, 1.165) is 42.5 Å². The van der Waals surface area contributed by atoms with Gasteiger partial charge in [-0.3, -0.25) is 0 Å². The summed E-state index contributed by atoms with van der Waals surface area (Å²) < 4.78 is 5.68. The van der Waals surface area contributed by atoms with Crippen molar-refractivity contribution in [1.82, 2.24) is 5.32 Å². The molecule has 0 fully saturated rings. The number of halogens is 1. The van der Waals surface area contributed by atoms with Crippen LogP contribution in [0.15, 0.2) is 29.6 Å². The molecular formula is C14H14ClNOS. The van der Waals surface area contributed by atoms with Crippen LogP contribution in [-0.2, 0) is 19.5 Å². The van der Waals surface area contributed by atoms with E-state index in [2.05, 4.69) is 22.8 Å². The van der Waals surface area contributed by atoms with Gasteiger partial charge in [-0.25, -0.2) is 0 Å².